The molecule has 1 aromatic carbocycles. The highest BCUT2D eigenvalue weighted by molar-refractivity contribution is 5.97. The lowest BCUT2D eigenvalue weighted by molar-refractivity contribution is -0.129. The maximum atomic E-state index is 13.5. The van der Waals surface area contributed by atoms with Gasteiger partial charge in [0.15, 0.2) is 0 Å². The molecule has 0 aromatic heterocycles. The lowest BCUT2D eigenvalue weighted by Crippen LogP contribution is -2.56. The summed E-state index contributed by atoms with van der Waals surface area (Å²) in [5, 5.41) is 4.04. The van der Waals surface area contributed by atoms with Gasteiger partial charge in [0.2, 0.25) is 0 Å². The molecule has 2 fully saturated rings. The molecular weight excluding hydrogens is 456 g/mol. The fraction of sp³-hybridized carbons (Fsp3) is 0.727. The Morgan fingerprint density at radius 3 is 2.68 bits per heavy atom. The van der Waals surface area contributed by atoms with E-state index < -0.39 is 0 Å². The van der Waals surface area contributed by atoms with Crippen LogP contribution in [0, 0.1) is 11.3 Å². The summed E-state index contributed by atoms with van der Waals surface area (Å²) in [5.41, 5.74) is 7.69. The molecular formula is C33H48N2O2. The van der Waals surface area contributed by atoms with Gasteiger partial charge in [0, 0.05) is 25.3 Å². The Kier molecular flexibility index (Phi) is 6.80. The normalized spacial score (nSPS) is 35.6. The maximum Gasteiger partial charge on any atom is 0.251 e. The minimum atomic E-state index is 0.0708. The lowest BCUT2D eigenvalue weighted by atomic mass is 9.49. The smallest absolute Gasteiger partial charge is 0.251 e. The van der Waals surface area contributed by atoms with Gasteiger partial charge in [0.1, 0.15) is 6.17 Å². The number of carbonyl (C=O) groups is 1. The molecule has 5 atom stereocenters. The number of hydrogen-bond acceptors (Lipinski definition) is 3. The van der Waals surface area contributed by atoms with Crippen LogP contribution in [0.3, 0.4) is 0 Å². The Balaban J connectivity index is 1.24. The molecule has 2 aliphatic heterocycles. The number of hydrogen-bond donors (Lipinski definition) is 1. The van der Waals surface area contributed by atoms with E-state index in [1.54, 1.807) is 11.1 Å². The van der Waals surface area contributed by atoms with E-state index in [1.807, 2.05) is 0 Å². The van der Waals surface area contributed by atoms with E-state index in [1.165, 1.54) is 49.7 Å². The van der Waals surface area contributed by atoms with E-state index in [9.17, 15) is 4.79 Å². The SMILES string of the molecule is CC(C)c1ccc2c(c1)CC[C@@H]1[C@](C)(CN[C@@H]3C4=C(CCCC4)C(=O)N3C[C@@H]3CCCO3)CCC[C@@]21C. The Morgan fingerprint density at radius 1 is 1.05 bits per heavy atom. The summed E-state index contributed by atoms with van der Waals surface area (Å²) in [6, 6.07) is 7.38. The second-order valence-electron chi connectivity index (χ2n) is 13.7. The molecule has 0 bridgehead atoms. The average Bonchev–Trinajstić information content (AvgIpc) is 3.49. The zero-order valence-corrected chi connectivity index (χ0v) is 23.7. The van der Waals surface area contributed by atoms with Gasteiger partial charge < -0.3 is 9.64 Å². The van der Waals surface area contributed by atoms with E-state index in [0.29, 0.717) is 11.8 Å². The molecule has 3 aliphatic carbocycles. The Bertz CT molecular complexity index is 1070. The van der Waals surface area contributed by atoms with E-state index in [2.05, 4.69) is 56.1 Å². The Labute approximate surface area is 224 Å². The summed E-state index contributed by atoms with van der Waals surface area (Å²) in [6.45, 7) is 12.3. The van der Waals surface area contributed by atoms with Crippen molar-refractivity contribution in [2.45, 2.75) is 122 Å². The van der Waals surface area contributed by atoms with Crippen LogP contribution in [0.15, 0.2) is 29.3 Å². The van der Waals surface area contributed by atoms with E-state index >= 15 is 0 Å². The molecule has 202 valence electrons. The van der Waals surface area contributed by atoms with Gasteiger partial charge >= 0.3 is 0 Å². The third-order valence-corrected chi connectivity index (χ3v) is 11.0. The number of rotatable bonds is 6. The van der Waals surface area contributed by atoms with Crippen LogP contribution >= 0.6 is 0 Å². The summed E-state index contributed by atoms with van der Waals surface area (Å²) in [4.78, 5) is 15.7. The largest absolute Gasteiger partial charge is 0.376 e. The van der Waals surface area contributed by atoms with Gasteiger partial charge in [-0.1, -0.05) is 52.3 Å². The van der Waals surface area contributed by atoms with Crippen molar-refractivity contribution in [2.75, 3.05) is 19.7 Å². The van der Waals surface area contributed by atoms with Gasteiger partial charge in [0.25, 0.3) is 5.91 Å². The molecule has 1 amide bonds. The van der Waals surface area contributed by atoms with Crippen LogP contribution in [-0.4, -0.2) is 42.8 Å². The number of amides is 1. The average molecular weight is 505 g/mol. The first kappa shape index (κ1) is 25.6. The standard InChI is InChI=1S/C33H48N2O2/c1-22(2)23-12-14-28-24(19-23)13-15-29-32(3,16-8-17-33(28,29)4)21-34-30-26-10-5-6-11-27(26)31(36)35(30)20-25-9-7-18-37-25/h12,14,19,22,25,29-30,34H,5-11,13,15-18,20-21H2,1-4H3/t25-,29+,30-,32-,33-/m0/s1. The molecule has 4 heteroatoms. The fourth-order valence-corrected chi connectivity index (χ4v) is 8.93. The summed E-state index contributed by atoms with van der Waals surface area (Å²) in [5.74, 6) is 1.54. The number of benzene rings is 1. The van der Waals surface area contributed by atoms with Crippen molar-refractivity contribution >= 4 is 5.91 Å². The second kappa shape index (κ2) is 9.83. The molecule has 1 saturated carbocycles. The van der Waals surface area contributed by atoms with Crippen LogP contribution in [0.25, 0.3) is 0 Å². The van der Waals surface area contributed by atoms with Gasteiger partial charge in [-0.15, -0.1) is 0 Å². The van der Waals surface area contributed by atoms with Crippen molar-refractivity contribution in [2.24, 2.45) is 11.3 Å². The topological polar surface area (TPSA) is 41.6 Å². The summed E-state index contributed by atoms with van der Waals surface area (Å²) in [7, 11) is 0. The number of aryl methyl sites for hydroxylation is 1. The van der Waals surface area contributed by atoms with Crippen molar-refractivity contribution in [1.82, 2.24) is 10.2 Å². The predicted octanol–water partition coefficient (Wildman–Crippen LogP) is 6.63. The van der Waals surface area contributed by atoms with E-state index in [-0.39, 0.29) is 29.0 Å². The summed E-state index contributed by atoms with van der Waals surface area (Å²) in [6.07, 6.45) is 13.2. The third kappa shape index (κ3) is 4.40. The molecule has 1 saturated heterocycles. The van der Waals surface area contributed by atoms with Crippen molar-refractivity contribution in [3.63, 3.8) is 0 Å². The van der Waals surface area contributed by atoms with Crippen LogP contribution in [0.2, 0.25) is 0 Å². The van der Waals surface area contributed by atoms with E-state index in [0.717, 1.165) is 57.4 Å². The van der Waals surface area contributed by atoms with Gasteiger partial charge in [-0.2, -0.15) is 0 Å². The first-order valence-corrected chi connectivity index (χ1v) is 15.3. The van der Waals surface area contributed by atoms with Crippen molar-refractivity contribution in [1.29, 1.82) is 0 Å². The highest BCUT2D eigenvalue weighted by atomic mass is 16.5. The first-order chi connectivity index (χ1) is 17.8. The number of ether oxygens (including phenoxy) is 1. The summed E-state index contributed by atoms with van der Waals surface area (Å²) < 4.78 is 5.98. The monoisotopic (exact) mass is 504 g/mol. The van der Waals surface area contributed by atoms with Gasteiger partial charge in [-0.3, -0.25) is 10.1 Å². The molecule has 1 N–H and O–H groups in total. The van der Waals surface area contributed by atoms with Crippen LogP contribution in [0.5, 0.6) is 0 Å². The van der Waals surface area contributed by atoms with Crippen LogP contribution in [0.1, 0.15) is 115 Å². The van der Waals surface area contributed by atoms with Crippen LogP contribution in [-0.2, 0) is 21.4 Å². The molecule has 37 heavy (non-hydrogen) atoms. The molecule has 0 unspecified atom stereocenters. The zero-order valence-electron chi connectivity index (χ0n) is 23.7. The number of nitrogens with one attached hydrogen (secondary N) is 1. The highest BCUT2D eigenvalue weighted by Crippen LogP contribution is 2.57. The molecule has 6 rings (SSSR count). The van der Waals surface area contributed by atoms with Crippen LogP contribution < -0.4 is 5.32 Å². The second-order valence-corrected chi connectivity index (χ2v) is 13.7. The molecule has 2 heterocycles. The maximum absolute atomic E-state index is 13.5. The van der Waals surface area contributed by atoms with Crippen molar-refractivity contribution in [3.05, 3.63) is 46.0 Å². The summed E-state index contributed by atoms with van der Waals surface area (Å²) >= 11 is 0. The van der Waals surface area contributed by atoms with Crippen LogP contribution in [0.4, 0.5) is 0 Å². The molecule has 4 nitrogen and oxygen atoms in total. The van der Waals surface area contributed by atoms with Gasteiger partial charge in [-0.05, 0) is 109 Å². The quantitative estimate of drug-likeness (QED) is 0.473. The molecule has 5 aliphatic rings. The predicted molar refractivity (Wildman–Crippen MR) is 150 cm³/mol. The van der Waals surface area contributed by atoms with Gasteiger partial charge in [-0.25, -0.2) is 0 Å². The first-order valence-electron chi connectivity index (χ1n) is 15.3. The van der Waals surface area contributed by atoms with E-state index in [4.69, 9.17) is 4.74 Å². The minimum absolute atomic E-state index is 0.0708. The molecule has 1 aromatic rings. The highest BCUT2D eigenvalue weighted by Gasteiger charge is 2.52. The Hall–Kier alpha value is -1.65. The third-order valence-electron chi connectivity index (χ3n) is 11.0. The molecule has 0 spiro atoms. The minimum Gasteiger partial charge on any atom is -0.376 e. The zero-order chi connectivity index (χ0) is 25.8. The number of fused-ring (bicyclic) bond motifs is 3. The number of carbonyl (C=O) groups excluding carboxylic acids is 1. The van der Waals surface area contributed by atoms with Gasteiger partial charge in [0.05, 0.1) is 6.10 Å². The van der Waals surface area contributed by atoms with Crippen molar-refractivity contribution in [3.8, 4) is 0 Å². The fourth-order valence-electron chi connectivity index (χ4n) is 8.93. The molecule has 0 radical (unpaired) electrons. The van der Waals surface area contributed by atoms with Crippen molar-refractivity contribution < 1.29 is 9.53 Å². The Morgan fingerprint density at radius 2 is 1.89 bits per heavy atom. The lowest BCUT2D eigenvalue weighted by Gasteiger charge is -2.56. The number of nitrogens with zero attached hydrogens (tertiary/aromatic N) is 1.